The number of aldehydes is 1. The number of fused-ring (bicyclic) bond motifs is 3. The van der Waals surface area contributed by atoms with Crippen molar-refractivity contribution in [1.29, 1.82) is 0 Å². The van der Waals surface area contributed by atoms with Crippen molar-refractivity contribution in [3.8, 4) is 0 Å². The molecule has 0 spiro atoms. The molecule has 4 heterocycles. The fourth-order valence-corrected chi connectivity index (χ4v) is 5.63. The number of nitrogens with zero attached hydrogens (tertiary/aromatic N) is 4. The standard InChI is InChI=1S/C19H26N4O3.C8H17N.C2H6/c1-14-10-15-17(26-14)11-16-18(25)23(19(2,13-24)12-22(15)16)9-8-21-6-4-20(3)5-7-21;1-9-8-6-4-2-3-5-7-8;1-2/h10-11,13H,4-9,12H2,1-3H3;8-9H,2-7H2,1H3;1-2H3. The van der Waals surface area contributed by atoms with Crippen LogP contribution in [0.4, 0.5) is 0 Å². The Labute approximate surface area is 223 Å². The van der Waals surface area contributed by atoms with Gasteiger partial charge in [0.2, 0.25) is 0 Å². The van der Waals surface area contributed by atoms with E-state index in [1.165, 1.54) is 38.5 Å². The molecule has 3 aliphatic rings. The quantitative estimate of drug-likeness (QED) is 0.476. The number of carbonyl (C=O) groups is 2. The number of furan rings is 1. The van der Waals surface area contributed by atoms with E-state index in [-0.39, 0.29) is 5.91 Å². The first-order valence-electron chi connectivity index (χ1n) is 14.3. The number of likely N-dealkylation sites (N-methyl/N-ethyl adjacent to an activating group) is 1. The van der Waals surface area contributed by atoms with Crippen molar-refractivity contribution in [2.24, 2.45) is 0 Å². The summed E-state index contributed by atoms with van der Waals surface area (Å²) in [7, 11) is 4.20. The lowest BCUT2D eigenvalue weighted by molar-refractivity contribution is -0.118. The molecule has 1 unspecified atom stereocenters. The third kappa shape index (κ3) is 7.03. The molecule has 1 saturated heterocycles. The van der Waals surface area contributed by atoms with Gasteiger partial charge in [-0.25, -0.2) is 0 Å². The molecule has 2 aromatic heterocycles. The molecule has 1 atom stereocenters. The van der Waals surface area contributed by atoms with Crippen molar-refractivity contribution in [2.45, 2.75) is 84.3 Å². The van der Waals surface area contributed by atoms with Gasteiger partial charge < -0.3 is 28.9 Å². The molecular formula is C29H49N5O3. The number of carbonyl (C=O) groups excluding carboxylic acids is 2. The maximum absolute atomic E-state index is 13.1. The Bertz CT molecular complexity index is 999. The highest BCUT2D eigenvalue weighted by Gasteiger charge is 2.42. The predicted molar refractivity (Wildman–Crippen MR) is 150 cm³/mol. The molecule has 2 fully saturated rings. The minimum absolute atomic E-state index is 0.0935. The topological polar surface area (TPSA) is 74.0 Å². The smallest absolute Gasteiger partial charge is 0.271 e. The molecule has 208 valence electrons. The number of hydrogen-bond donors (Lipinski definition) is 1. The largest absolute Gasteiger partial charge is 0.460 e. The highest BCUT2D eigenvalue weighted by atomic mass is 16.3. The van der Waals surface area contributed by atoms with Gasteiger partial charge in [-0.05, 0) is 40.8 Å². The van der Waals surface area contributed by atoms with E-state index in [1.54, 1.807) is 11.0 Å². The Morgan fingerprint density at radius 3 is 2.30 bits per heavy atom. The van der Waals surface area contributed by atoms with Crippen LogP contribution in [0.2, 0.25) is 0 Å². The van der Waals surface area contributed by atoms with Crippen molar-refractivity contribution < 1.29 is 14.0 Å². The zero-order valence-electron chi connectivity index (χ0n) is 24.0. The first kappa shape index (κ1) is 29.4. The second-order valence-electron chi connectivity index (χ2n) is 10.8. The van der Waals surface area contributed by atoms with Gasteiger partial charge in [0.05, 0.1) is 12.1 Å². The van der Waals surface area contributed by atoms with E-state index in [0.717, 1.165) is 56.3 Å². The van der Waals surface area contributed by atoms with E-state index in [2.05, 4.69) is 29.2 Å². The van der Waals surface area contributed by atoms with Crippen LogP contribution in [0.5, 0.6) is 0 Å². The summed E-state index contributed by atoms with van der Waals surface area (Å²) in [6.45, 7) is 13.6. The molecule has 37 heavy (non-hydrogen) atoms. The summed E-state index contributed by atoms with van der Waals surface area (Å²) in [6.07, 6.45) is 9.50. The van der Waals surface area contributed by atoms with Crippen LogP contribution in [0.25, 0.3) is 11.1 Å². The van der Waals surface area contributed by atoms with Crippen molar-refractivity contribution in [2.75, 3.05) is 53.4 Å². The fourth-order valence-electron chi connectivity index (χ4n) is 5.63. The number of piperazine rings is 1. The van der Waals surface area contributed by atoms with Crippen LogP contribution in [-0.2, 0) is 11.3 Å². The van der Waals surface area contributed by atoms with Crippen molar-refractivity contribution in [3.63, 3.8) is 0 Å². The summed E-state index contributed by atoms with van der Waals surface area (Å²) in [4.78, 5) is 31.5. The summed E-state index contributed by atoms with van der Waals surface area (Å²) in [5, 5.41) is 3.34. The first-order valence-corrected chi connectivity index (χ1v) is 14.3. The number of aryl methyl sites for hydroxylation is 1. The van der Waals surface area contributed by atoms with Gasteiger partial charge in [-0.1, -0.05) is 39.5 Å². The number of rotatable bonds is 5. The lowest BCUT2D eigenvalue weighted by Crippen LogP contribution is -2.59. The Morgan fingerprint density at radius 1 is 1.05 bits per heavy atom. The highest BCUT2D eigenvalue weighted by molar-refractivity contribution is 6.00. The molecule has 8 nitrogen and oxygen atoms in total. The molecular weight excluding hydrogens is 466 g/mol. The van der Waals surface area contributed by atoms with Gasteiger partial charge in [-0.2, -0.15) is 0 Å². The fraction of sp³-hybridized carbons (Fsp3) is 0.724. The average Bonchev–Trinajstić information content (AvgIpc) is 3.29. The number of aromatic nitrogens is 1. The van der Waals surface area contributed by atoms with E-state index in [4.69, 9.17) is 4.42 Å². The van der Waals surface area contributed by atoms with Crippen molar-refractivity contribution >= 4 is 23.3 Å². The normalized spacial score (nSPS) is 23.5. The predicted octanol–water partition coefficient (Wildman–Crippen LogP) is 4.16. The van der Waals surface area contributed by atoms with E-state index >= 15 is 0 Å². The van der Waals surface area contributed by atoms with E-state index in [9.17, 15) is 9.59 Å². The van der Waals surface area contributed by atoms with Gasteiger partial charge in [0.1, 0.15) is 23.3 Å². The molecule has 2 aromatic rings. The third-order valence-electron chi connectivity index (χ3n) is 8.02. The molecule has 2 aliphatic heterocycles. The maximum Gasteiger partial charge on any atom is 0.271 e. The molecule has 1 aliphatic carbocycles. The number of amides is 1. The van der Waals surface area contributed by atoms with Crippen LogP contribution in [0.1, 0.15) is 75.5 Å². The van der Waals surface area contributed by atoms with Gasteiger partial charge in [0.25, 0.3) is 5.91 Å². The zero-order chi connectivity index (χ0) is 27.0. The highest BCUT2D eigenvalue weighted by Crippen LogP contribution is 2.32. The van der Waals surface area contributed by atoms with Gasteiger partial charge in [-0.15, -0.1) is 0 Å². The molecule has 1 amide bonds. The van der Waals surface area contributed by atoms with Gasteiger partial charge in [-0.3, -0.25) is 9.69 Å². The van der Waals surface area contributed by atoms with E-state index in [0.29, 0.717) is 24.4 Å². The summed E-state index contributed by atoms with van der Waals surface area (Å²) in [6, 6.07) is 4.56. The Morgan fingerprint density at radius 2 is 1.70 bits per heavy atom. The minimum Gasteiger partial charge on any atom is -0.460 e. The SMILES string of the molecule is CC.CNC1CCCCCC1.Cc1cc2c(cc3n2CC(C)(C=O)N(CCN2CCN(C)CC2)C3=O)o1. The summed E-state index contributed by atoms with van der Waals surface area (Å²) >= 11 is 0. The van der Waals surface area contributed by atoms with Gasteiger partial charge in [0.15, 0.2) is 5.58 Å². The lowest BCUT2D eigenvalue weighted by atomic mass is 9.98. The third-order valence-corrected chi connectivity index (χ3v) is 8.02. The van der Waals surface area contributed by atoms with Crippen LogP contribution in [0.3, 0.4) is 0 Å². The summed E-state index contributed by atoms with van der Waals surface area (Å²) in [5.41, 5.74) is 1.36. The molecule has 0 bridgehead atoms. The summed E-state index contributed by atoms with van der Waals surface area (Å²) in [5.74, 6) is 0.715. The Balaban J connectivity index is 0.000000291. The minimum atomic E-state index is -0.839. The second kappa shape index (κ2) is 13.6. The first-order chi connectivity index (χ1) is 17.8. The second-order valence-corrected chi connectivity index (χ2v) is 10.8. The number of nitrogens with one attached hydrogen (secondary N) is 1. The van der Waals surface area contributed by atoms with Crippen LogP contribution < -0.4 is 5.32 Å². The Kier molecular flexibility index (Phi) is 10.8. The van der Waals surface area contributed by atoms with Gasteiger partial charge in [0, 0.05) is 57.4 Å². The maximum atomic E-state index is 13.1. The van der Waals surface area contributed by atoms with Crippen LogP contribution in [-0.4, -0.2) is 96.4 Å². The molecule has 1 saturated carbocycles. The zero-order valence-corrected chi connectivity index (χ0v) is 24.0. The molecule has 0 aromatic carbocycles. The molecule has 5 rings (SSSR count). The lowest BCUT2D eigenvalue weighted by Gasteiger charge is -2.43. The van der Waals surface area contributed by atoms with Gasteiger partial charge >= 0.3 is 0 Å². The average molecular weight is 516 g/mol. The van der Waals surface area contributed by atoms with Crippen molar-refractivity contribution in [3.05, 3.63) is 23.6 Å². The van der Waals surface area contributed by atoms with Crippen LogP contribution in [0, 0.1) is 6.92 Å². The van der Waals surface area contributed by atoms with E-state index in [1.807, 2.05) is 38.3 Å². The number of hydrogen-bond acceptors (Lipinski definition) is 6. The van der Waals surface area contributed by atoms with Crippen molar-refractivity contribution in [1.82, 2.24) is 24.6 Å². The monoisotopic (exact) mass is 515 g/mol. The summed E-state index contributed by atoms with van der Waals surface area (Å²) < 4.78 is 7.60. The molecule has 8 heteroatoms. The Hall–Kier alpha value is -2.16. The van der Waals surface area contributed by atoms with Crippen LogP contribution >= 0.6 is 0 Å². The molecule has 1 N–H and O–H groups in total. The molecule has 0 radical (unpaired) electrons. The van der Waals surface area contributed by atoms with E-state index < -0.39 is 5.54 Å². The van der Waals surface area contributed by atoms with Crippen LogP contribution in [0.15, 0.2) is 16.5 Å².